The van der Waals surface area contributed by atoms with E-state index in [0.717, 1.165) is 12.0 Å². The van der Waals surface area contributed by atoms with Crippen molar-refractivity contribution in [2.24, 2.45) is 5.92 Å². The molecular formula is C17H20N2O3S. The highest BCUT2D eigenvalue weighted by molar-refractivity contribution is 7.12. The first kappa shape index (κ1) is 15.8. The fourth-order valence-corrected chi connectivity index (χ4v) is 3.41. The van der Waals surface area contributed by atoms with Crippen molar-refractivity contribution >= 4 is 17.2 Å². The van der Waals surface area contributed by atoms with E-state index in [1.54, 1.807) is 12.4 Å². The molecule has 0 saturated carbocycles. The van der Waals surface area contributed by atoms with Crippen molar-refractivity contribution < 1.29 is 14.3 Å². The van der Waals surface area contributed by atoms with E-state index in [-0.39, 0.29) is 11.9 Å². The quantitative estimate of drug-likeness (QED) is 0.911. The molecule has 1 N–H and O–H groups in total. The summed E-state index contributed by atoms with van der Waals surface area (Å²) in [6.45, 7) is 5.28. The number of thiophene rings is 1. The Bertz CT molecular complexity index is 670. The van der Waals surface area contributed by atoms with Crippen molar-refractivity contribution in [3.63, 3.8) is 0 Å². The first-order valence-corrected chi connectivity index (χ1v) is 8.61. The molecule has 1 unspecified atom stereocenters. The van der Waals surface area contributed by atoms with Gasteiger partial charge in [0.2, 0.25) is 0 Å². The lowest BCUT2D eigenvalue weighted by Gasteiger charge is -2.21. The number of amides is 1. The fourth-order valence-electron chi connectivity index (χ4n) is 2.58. The molecule has 0 spiro atoms. The highest BCUT2D eigenvalue weighted by Gasteiger charge is 2.25. The van der Waals surface area contributed by atoms with Crippen molar-refractivity contribution in [1.29, 1.82) is 0 Å². The Labute approximate surface area is 139 Å². The number of aromatic nitrogens is 1. The van der Waals surface area contributed by atoms with Gasteiger partial charge in [-0.05, 0) is 24.0 Å². The Kier molecular flexibility index (Phi) is 4.81. The molecule has 0 bridgehead atoms. The number of ether oxygens (including phenoxy) is 2. The van der Waals surface area contributed by atoms with Crippen LogP contribution in [0.15, 0.2) is 29.9 Å². The molecule has 3 rings (SSSR count). The van der Waals surface area contributed by atoms with Crippen LogP contribution in [0.3, 0.4) is 0 Å². The standard InChI is InChI=1S/C17H20N2O3S/c1-11(2)8-13(12-4-3-5-18-9-12)19-17(20)16-15-14(10-23-16)21-6-7-22-15/h3-5,9-11,13H,6-8H2,1-2H3,(H,19,20). The van der Waals surface area contributed by atoms with E-state index < -0.39 is 0 Å². The third-order valence-electron chi connectivity index (χ3n) is 3.61. The van der Waals surface area contributed by atoms with Crippen molar-refractivity contribution in [3.05, 3.63) is 40.3 Å². The number of nitrogens with one attached hydrogen (secondary N) is 1. The lowest BCUT2D eigenvalue weighted by Crippen LogP contribution is -2.29. The first-order valence-electron chi connectivity index (χ1n) is 7.73. The van der Waals surface area contributed by atoms with Crippen LogP contribution < -0.4 is 14.8 Å². The summed E-state index contributed by atoms with van der Waals surface area (Å²) in [6, 6.07) is 3.81. The van der Waals surface area contributed by atoms with Gasteiger partial charge in [-0.15, -0.1) is 11.3 Å². The van der Waals surface area contributed by atoms with Crippen molar-refractivity contribution in [3.8, 4) is 11.5 Å². The number of hydrogen-bond acceptors (Lipinski definition) is 5. The van der Waals surface area contributed by atoms with Gasteiger partial charge in [-0.2, -0.15) is 0 Å². The van der Waals surface area contributed by atoms with Crippen LogP contribution in [-0.2, 0) is 0 Å². The Morgan fingerprint density at radius 2 is 2.22 bits per heavy atom. The molecule has 5 nitrogen and oxygen atoms in total. The molecule has 2 aromatic heterocycles. The predicted molar refractivity (Wildman–Crippen MR) is 89.2 cm³/mol. The van der Waals surface area contributed by atoms with E-state index in [4.69, 9.17) is 9.47 Å². The molecule has 0 aliphatic carbocycles. The minimum Gasteiger partial charge on any atom is -0.485 e. The van der Waals surface area contributed by atoms with Crippen molar-refractivity contribution in [2.45, 2.75) is 26.3 Å². The molecule has 1 aliphatic rings. The summed E-state index contributed by atoms with van der Waals surface area (Å²) in [4.78, 5) is 17.4. The number of carbonyl (C=O) groups excluding carboxylic acids is 1. The predicted octanol–water partition coefficient (Wildman–Crippen LogP) is 3.43. The minimum atomic E-state index is -0.128. The van der Waals surface area contributed by atoms with Crippen LogP contribution in [-0.4, -0.2) is 24.1 Å². The van der Waals surface area contributed by atoms with Gasteiger partial charge in [-0.25, -0.2) is 0 Å². The van der Waals surface area contributed by atoms with E-state index in [0.29, 0.717) is 35.5 Å². The molecule has 6 heteroatoms. The first-order chi connectivity index (χ1) is 11.1. The molecule has 1 atom stereocenters. The second kappa shape index (κ2) is 7.00. The van der Waals surface area contributed by atoms with Gasteiger partial charge in [0.15, 0.2) is 11.5 Å². The molecule has 1 amide bonds. The van der Waals surface area contributed by atoms with E-state index in [2.05, 4.69) is 24.1 Å². The smallest absolute Gasteiger partial charge is 0.265 e. The zero-order chi connectivity index (χ0) is 16.2. The normalized spacial score (nSPS) is 14.6. The van der Waals surface area contributed by atoms with Gasteiger partial charge in [0, 0.05) is 17.8 Å². The van der Waals surface area contributed by atoms with Gasteiger partial charge >= 0.3 is 0 Å². The van der Waals surface area contributed by atoms with E-state index >= 15 is 0 Å². The molecule has 2 aromatic rings. The van der Waals surface area contributed by atoms with E-state index in [9.17, 15) is 4.79 Å². The largest absolute Gasteiger partial charge is 0.485 e. The number of hydrogen-bond donors (Lipinski definition) is 1. The van der Waals surface area contributed by atoms with E-state index in [1.807, 2.05) is 17.5 Å². The summed E-state index contributed by atoms with van der Waals surface area (Å²) in [6.07, 6.45) is 4.39. The Morgan fingerprint density at radius 1 is 1.39 bits per heavy atom. The molecule has 23 heavy (non-hydrogen) atoms. The summed E-state index contributed by atoms with van der Waals surface area (Å²) in [5, 5.41) is 4.94. The number of nitrogens with zero attached hydrogens (tertiary/aromatic N) is 1. The molecule has 0 aromatic carbocycles. The molecule has 0 radical (unpaired) electrons. The van der Waals surface area contributed by atoms with Gasteiger partial charge in [-0.1, -0.05) is 19.9 Å². The fraction of sp³-hybridized carbons (Fsp3) is 0.412. The summed E-state index contributed by atoms with van der Waals surface area (Å²) in [7, 11) is 0. The molecule has 1 aliphatic heterocycles. The minimum absolute atomic E-state index is 0.0709. The lowest BCUT2D eigenvalue weighted by atomic mass is 9.98. The Balaban J connectivity index is 1.79. The molecule has 122 valence electrons. The third-order valence-corrected chi connectivity index (χ3v) is 4.54. The maximum absolute atomic E-state index is 12.7. The Hall–Kier alpha value is -2.08. The van der Waals surface area contributed by atoms with Crippen LogP contribution in [0.4, 0.5) is 0 Å². The third kappa shape index (κ3) is 3.64. The summed E-state index contributed by atoms with van der Waals surface area (Å²) < 4.78 is 11.1. The highest BCUT2D eigenvalue weighted by atomic mass is 32.1. The molecule has 0 fully saturated rings. The van der Waals surface area contributed by atoms with Gasteiger partial charge in [0.05, 0.1) is 6.04 Å². The number of pyridine rings is 1. The van der Waals surface area contributed by atoms with Crippen LogP contribution in [0, 0.1) is 5.92 Å². The maximum atomic E-state index is 12.7. The lowest BCUT2D eigenvalue weighted by molar-refractivity contribution is 0.0927. The monoisotopic (exact) mass is 332 g/mol. The van der Waals surface area contributed by atoms with Crippen LogP contribution >= 0.6 is 11.3 Å². The van der Waals surface area contributed by atoms with Crippen LogP contribution in [0.5, 0.6) is 11.5 Å². The van der Waals surface area contributed by atoms with Gasteiger partial charge in [-0.3, -0.25) is 9.78 Å². The molecular weight excluding hydrogens is 312 g/mol. The van der Waals surface area contributed by atoms with Crippen LogP contribution in [0.1, 0.15) is 41.5 Å². The second-order valence-corrected chi connectivity index (χ2v) is 6.78. The topological polar surface area (TPSA) is 60.5 Å². The van der Waals surface area contributed by atoms with Crippen LogP contribution in [0.2, 0.25) is 0 Å². The zero-order valence-corrected chi connectivity index (χ0v) is 14.1. The zero-order valence-electron chi connectivity index (χ0n) is 13.2. The maximum Gasteiger partial charge on any atom is 0.265 e. The van der Waals surface area contributed by atoms with E-state index in [1.165, 1.54) is 11.3 Å². The van der Waals surface area contributed by atoms with Crippen LogP contribution in [0.25, 0.3) is 0 Å². The number of fused-ring (bicyclic) bond motifs is 1. The molecule has 3 heterocycles. The van der Waals surface area contributed by atoms with Crippen molar-refractivity contribution in [1.82, 2.24) is 10.3 Å². The second-order valence-electron chi connectivity index (χ2n) is 5.90. The average molecular weight is 332 g/mol. The van der Waals surface area contributed by atoms with Gasteiger partial charge < -0.3 is 14.8 Å². The Morgan fingerprint density at radius 3 is 2.96 bits per heavy atom. The van der Waals surface area contributed by atoms with Gasteiger partial charge in [0.25, 0.3) is 5.91 Å². The highest BCUT2D eigenvalue weighted by Crippen LogP contribution is 2.39. The average Bonchev–Trinajstić information content (AvgIpc) is 2.99. The summed E-state index contributed by atoms with van der Waals surface area (Å²) in [5.41, 5.74) is 1.01. The summed E-state index contributed by atoms with van der Waals surface area (Å²) >= 11 is 1.35. The SMILES string of the molecule is CC(C)CC(NC(=O)c1scc2c1OCCO2)c1cccnc1. The van der Waals surface area contributed by atoms with Gasteiger partial charge in [0.1, 0.15) is 18.1 Å². The number of carbonyl (C=O) groups is 1. The van der Waals surface area contributed by atoms with Crippen molar-refractivity contribution in [2.75, 3.05) is 13.2 Å². The molecule has 0 saturated heterocycles. The number of rotatable bonds is 5. The summed E-state index contributed by atoms with van der Waals surface area (Å²) in [5.74, 6) is 1.55.